The van der Waals surface area contributed by atoms with Gasteiger partial charge in [0.25, 0.3) is 12.3 Å². The molecule has 1 amide bonds. The second kappa shape index (κ2) is 7.69. The molecule has 9 heteroatoms. The van der Waals surface area contributed by atoms with Gasteiger partial charge in [0, 0.05) is 23.3 Å². The molecule has 2 unspecified atom stereocenters. The van der Waals surface area contributed by atoms with Crippen molar-refractivity contribution in [2.75, 3.05) is 0 Å². The molecular formula is C17H20ClF2N3O3. The minimum atomic E-state index is -3.17. The van der Waals surface area contributed by atoms with Crippen LogP contribution in [0.4, 0.5) is 8.78 Å². The van der Waals surface area contributed by atoms with Crippen molar-refractivity contribution >= 4 is 17.5 Å². The van der Waals surface area contributed by atoms with E-state index in [1.165, 1.54) is 17.1 Å². The molecule has 2 aromatic rings. The number of hydrogen-bond donors (Lipinski definition) is 3. The number of alkyl halides is 2. The van der Waals surface area contributed by atoms with Gasteiger partial charge >= 0.3 is 0 Å². The summed E-state index contributed by atoms with van der Waals surface area (Å²) < 4.78 is 28.0. The lowest BCUT2D eigenvalue weighted by atomic mass is 9.71. The molecule has 0 radical (unpaired) electrons. The van der Waals surface area contributed by atoms with E-state index in [1.807, 2.05) is 0 Å². The van der Waals surface area contributed by atoms with Crippen LogP contribution < -0.4 is 5.48 Å². The van der Waals surface area contributed by atoms with Gasteiger partial charge < -0.3 is 5.11 Å². The molecule has 0 aliphatic heterocycles. The topological polar surface area (TPSA) is 87.4 Å². The normalized spacial score (nSPS) is 16.2. The van der Waals surface area contributed by atoms with Crippen molar-refractivity contribution in [1.82, 2.24) is 15.3 Å². The number of carbonyl (C=O) groups is 1. The van der Waals surface area contributed by atoms with Crippen molar-refractivity contribution in [3.8, 4) is 11.3 Å². The number of amides is 1. The zero-order valence-electron chi connectivity index (χ0n) is 14.3. The SMILES string of the molecule is CC(CCn1ccc(-c2ccc(Cl)cc2)n1)(C(=O)NO)C(C)(O)C(F)F. The molecule has 0 aliphatic rings. The van der Waals surface area contributed by atoms with E-state index in [2.05, 4.69) is 5.10 Å². The van der Waals surface area contributed by atoms with Gasteiger partial charge in [-0.15, -0.1) is 0 Å². The summed E-state index contributed by atoms with van der Waals surface area (Å²) >= 11 is 5.85. The largest absolute Gasteiger partial charge is 0.383 e. The molecule has 1 aromatic heterocycles. The summed E-state index contributed by atoms with van der Waals surface area (Å²) in [6.45, 7) is 2.13. The molecule has 6 nitrogen and oxygen atoms in total. The Hall–Kier alpha value is -2.03. The van der Waals surface area contributed by atoms with E-state index in [9.17, 15) is 18.7 Å². The fourth-order valence-corrected chi connectivity index (χ4v) is 2.69. The molecule has 142 valence electrons. The number of nitrogens with one attached hydrogen (secondary N) is 1. The van der Waals surface area contributed by atoms with Crippen molar-refractivity contribution in [2.24, 2.45) is 5.41 Å². The van der Waals surface area contributed by atoms with Crippen LogP contribution >= 0.6 is 11.6 Å². The van der Waals surface area contributed by atoms with Crippen LogP contribution in [0.5, 0.6) is 0 Å². The maximum Gasteiger partial charge on any atom is 0.267 e. The van der Waals surface area contributed by atoms with Gasteiger partial charge in [0.15, 0.2) is 0 Å². The highest BCUT2D eigenvalue weighted by atomic mass is 35.5. The van der Waals surface area contributed by atoms with Crippen LogP contribution in [0.25, 0.3) is 11.3 Å². The molecular weight excluding hydrogens is 368 g/mol. The van der Waals surface area contributed by atoms with Crippen molar-refractivity contribution in [3.05, 3.63) is 41.6 Å². The number of aromatic nitrogens is 2. The van der Waals surface area contributed by atoms with Crippen molar-refractivity contribution < 1.29 is 23.9 Å². The highest BCUT2D eigenvalue weighted by Gasteiger charge is 2.54. The summed E-state index contributed by atoms with van der Waals surface area (Å²) in [6.07, 6.45) is -1.71. The zero-order valence-corrected chi connectivity index (χ0v) is 15.0. The average Bonchev–Trinajstić information content (AvgIpc) is 3.08. The average molecular weight is 388 g/mol. The number of hydroxylamine groups is 1. The number of aliphatic hydroxyl groups is 1. The number of benzene rings is 1. The maximum absolute atomic E-state index is 13.2. The fourth-order valence-electron chi connectivity index (χ4n) is 2.56. The van der Waals surface area contributed by atoms with Crippen LogP contribution in [-0.2, 0) is 11.3 Å². The molecule has 0 fully saturated rings. The first kappa shape index (κ1) is 20.3. The molecule has 1 aromatic carbocycles. The van der Waals surface area contributed by atoms with Crippen molar-refractivity contribution in [2.45, 2.75) is 38.8 Å². The molecule has 26 heavy (non-hydrogen) atoms. The van der Waals surface area contributed by atoms with Crippen LogP contribution in [0.2, 0.25) is 5.02 Å². The van der Waals surface area contributed by atoms with Crippen LogP contribution in [-0.4, -0.2) is 38.0 Å². The van der Waals surface area contributed by atoms with Gasteiger partial charge in [0.05, 0.1) is 11.1 Å². The first-order valence-corrected chi connectivity index (χ1v) is 8.24. The Bertz CT molecular complexity index is 765. The van der Waals surface area contributed by atoms with E-state index in [1.54, 1.807) is 36.5 Å². The highest BCUT2D eigenvalue weighted by molar-refractivity contribution is 6.30. The Morgan fingerprint density at radius 2 is 1.92 bits per heavy atom. The number of halogens is 3. The minimum Gasteiger partial charge on any atom is -0.383 e. The van der Waals surface area contributed by atoms with Gasteiger partial charge in [-0.25, -0.2) is 14.3 Å². The molecule has 1 heterocycles. The predicted molar refractivity (Wildman–Crippen MR) is 92.0 cm³/mol. The van der Waals surface area contributed by atoms with Crippen LogP contribution in [0.1, 0.15) is 20.3 Å². The molecule has 0 spiro atoms. The van der Waals surface area contributed by atoms with E-state index in [-0.39, 0.29) is 13.0 Å². The first-order chi connectivity index (χ1) is 12.1. The van der Waals surface area contributed by atoms with Crippen LogP contribution in [0.3, 0.4) is 0 Å². The lowest BCUT2D eigenvalue weighted by Crippen LogP contribution is -2.57. The van der Waals surface area contributed by atoms with Gasteiger partial charge in [-0.05, 0) is 38.5 Å². The van der Waals surface area contributed by atoms with Gasteiger partial charge in [-0.2, -0.15) is 5.10 Å². The second-order valence-corrected chi connectivity index (χ2v) is 6.88. The summed E-state index contributed by atoms with van der Waals surface area (Å²) in [5.74, 6) is -1.09. The quantitative estimate of drug-likeness (QED) is 0.503. The third-order valence-corrected chi connectivity index (χ3v) is 5.02. The third kappa shape index (κ3) is 3.87. The lowest BCUT2D eigenvalue weighted by Gasteiger charge is -2.40. The van der Waals surface area contributed by atoms with E-state index < -0.39 is 23.3 Å². The summed E-state index contributed by atoms with van der Waals surface area (Å²) in [6, 6.07) is 8.76. The summed E-state index contributed by atoms with van der Waals surface area (Å²) in [5, 5.41) is 24.0. The van der Waals surface area contributed by atoms with Crippen LogP contribution in [0.15, 0.2) is 36.5 Å². The Morgan fingerprint density at radius 3 is 2.46 bits per heavy atom. The predicted octanol–water partition coefficient (Wildman–Crippen LogP) is 3.12. The molecule has 2 rings (SSSR count). The van der Waals surface area contributed by atoms with E-state index in [0.29, 0.717) is 10.7 Å². The molecule has 0 bridgehead atoms. The van der Waals surface area contributed by atoms with Gasteiger partial charge in [-0.3, -0.25) is 14.7 Å². The van der Waals surface area contributed by atoms with Gasteiger partial charge in [0.1, 0.15) is 5.60 Å². The van der Waals surface area contributed by atoms with Gasteiger partial charge in [-0.1, -0.05) is 23.7 Å². The van der Waals surface area contributed by atoms with Crippen LogP contribution in [0, 0.1) is 5.41 Å². The Balaban J connectivity index is 2.19. The minimum absolute atomic E-state index is 0.0837. The number of rotatable bonds is 7. The standard InChI is InChI=1S/C17H20ClF2N3O3/c1-16(15(24)22-26,17(2,25)14(19)20)8-10-23-9-7-13(21-23)11-3-5-12(18)6-4-11/h3-7,9,14,25-26H,8,10H2,1-2H3,(H,22,24). The number of nitrogens with zero attached hydrogens (tertiary/aromatic N) is 2. The zero-order chi connectivity index (χ0) is 19.5. The second-order valence-electron chi connectivity index (χ2n) is 6.44. The first-order valence-electron chi connectivity index (χ1n) is 7.86. The summed E-state index contributed by atoms with van der Waals surface area (Å²) in [7, 11) is 0. The number of hydrogen-bond acceptors (Lipinski definition) is 4. The van der Waals surface area contributed by atoms with Crippen molar-refractivity contribution in [3.63, 3.8) is 0 Å². The summed E-state index contributed by atoms with van der Waals surface area (Å²) in [5.41, 5.74) is -1.73. The molecule has 3 N–H and O–H groups in total. The summed E-state index contributed by atoms with van der Waals surface area (Å²) in [4.78, 5) is 12.0. The molecule has 0 saturated heterocycles. The molecule has 0 aliphatic carbocycles. The van der Waals surface area contributed by atoms with E-state index in [0.717, 1.165) is 12.5 Å². The smallest absolute Gasteiger partial charge is 0.267 e. The monoisotopic (exact) mass is 387 g/mol. The lowest BCUT2D eigenvalue weighted by molar-refractivity contribution is -0.183. The highest BCUT2D eigenvalue weighted by Crippen LogP contribution is 2.39. The van der Waals surface area contributed by atoms with E-state index >= 15 is 0 Å². The fraction of sp³-hybridized carbons (Fsp3) is 0.412. The Kier molecular flexibility index (Phi) is 6.00. The molecule has 0 saturated carbocycles. The number of carbonyl (C=O) groups excluding carboxylic acids is 1. The third-order valence-electron chi connectivity index (χ3n) is 4.77. The van der Waals surface area contributed by atoms with Crippen molar-refractivity contribution in [1.29, 1.82) is 0 Å². The van der Waals surface area contributed by atoms with Gasteiger partial charge in [0.2, 0.25) is 0 Å². The molecule has 2 atom stereocenters. The maximum atomic E-state index is 13.2. The Morgan fingerprint density at radius 1 is 1.31 bits per heavy atom. The number of aryl methyl sites for hydroxylation is 1. The van der Waals surface area contributed by atoms with E-state index in [4.69, 9.17) is 16.8 Å². The Labute approximate surface area is 154 Å².